The van der Waals surface area contributed by atoms with Gasteiger partial charge in [0.15, 0.2) is 11.6 Å². The van der Waals surface area contributed by atoms with Gasteiger partial charge in [-0.25, -0.2) is 31.1 Å². The second kappa shape index (κ2) is 20.3. The number of likely N-dealkylation sites (tertiary alicyclic amines) is 1. The van der Waals surface area contributed by atoms with Crippen LogP contribution in [0.1, 0.15) is 82.9 Å². The van der Waals surface area contributed by atoms with Crippen LogP contribution in [-0.4, -0.2) is 53.6 Å². The number of piperidine rings is 2. The predicted octanol–water partition coefficient (Wildman–Crippen LogP) is 8.19. The first kappa shape index (κ1) is 44.9. The number of benzene rings is 4. The zero-order valence-corrected chi connectivity index (χ0v) is 35.1. The molecule has 2 heterocycles. The summed E-state index contributed by atoms with van der Waals surface area (Å²) in [6.07, 6.45) is 5.98. The highest BCUT2D eigenvalue weighted by molar-refractivity contribution is 14.1. The molecule has 0 unspecified atom stereocenters. The zero-order valence-electron chi connectivity index (χ0n) is 33.9. The number of anilines is 2. The number of nitrogen functional groups attached to an aromatic ring is 2. The van der Waals surface area contributed by atoms with Gasteiger partial charge in [0.2, 0.25) is 0 Å². The number of carbonyl (C=O) groups is 3. The number of ketones is 2. The molecule has 8 rings (SSSR count). The second-order valence-electron chi connectivity index (χ2n) is 15.7. The molecule has 9 nitrogen and oxygen atoms in total. The van der Waals surface area contributed by atoms with E-state index in [1.54, 1.807) is 17.0 Å². The third-order valence-electron chi connectivity index (χ3n) is 11.7. The molecule has 0 bridgehead atoms. The van der Waals surface area contributed by atoms with Gasteiger partial charge in [-0.05, 0) is 138 Å². The summed E-state index contributed by atoms with van der Waals surface area (Å²) in [7, 11) is 0. The number of amides is 2. The van der Waals surface area contributed by atoms with E-state index in [1.165, 1.54) is 24.3 Å². The number of halogens is 7. The molecule has 2 amide bonds. The summed E-state index contributed by atoms with van der Waals surface area (Å²) in [5.74, 6) is -3.89. The Balaban J connectivity index is 0.000000190. The highest BCUT2D eigenvalue weighted by Crippen LogP contribution is 2.44. The summed E-state index contributed by atoms with van der Waals surface area (Å²) in [6.45, 7) is 3.01. The second-order valence-corrected chi connectivity index (χ2v) is 15.7. The highest BCUT2D eigenvalue weighted by atomic mass is 127. The summed E-state index contributed by atoms with van der Waals surface area (Å²) in [5, 5.41) is 6.00. The van der Waals surface area contributed by atoms with E-state index in [0.29, 0.717) is 66.8 Å². The van der Waals surface area contributed by atoms with Crippen molar-refractivity contribution in [2.45, 2.75) is 64.5 Å². The Kier molecular flexibility index (Phi) is 15.1. The van der Waals surface area contributed by atoms with Crippen LogP contribution in [0.5, 0.6) is 0 Å². The van der Waals surface area contributed by atoms with Gasteiger partial charge in [-0.2, -0.15) is 0 Å². The lowest BCUT2D eigenvalue weighted by Crippen LogP contribution is -2.49. The minimum atomic E-state index is -0.860. The van der Waals surface area contributed by atoms with Crippen molar-refractivity contribution < 1.29 is 42.1 Å². The maximum Gasteiger partial charge on any atom is 0.317 e. The van der Waals surface area contributed by atoms with Crippen LogP contribution in [0.15, 0.2) is 60.7 Å². The van der Waals surface area contributed by atoms with E-state index >= 15 is 0 Å². The number of nitrogens with one attached hydrogen (secondary N) is 2. The van der Waals surface area contributed by atoms with Crippen molar-refractivity contribution in [3.8, 4) is 0 Å². The van der Waals surface area contributed by atoms with Crippen LogP contribution in [0, 0.1) is 45.7 Å². The topological polar surface area (TPSA) is 157 Å². The third kappa shape index (κ3) is 11.2. The Labute approximate surface area is 360 Å². The summed E-state index contributed by atoms with van der Waals surface area (Å²) in [6, 6.07) is 13.1. The fraction of sp³-hybridized carbons (Fsp3) is 0.386. The van der Waals surface area contributed by atoms with Gasteiger partial charge in [-0.15, -0.1) is 0 Å². The van der Waals surface area contributed by atoms with Gasteiger partial charge in [0.25, 0.3) is 0 Å². The maximum absolute atomic E-state index is 13.5. The van der Waals surface area contributed by atoms with Crippen molar-refractivity contribution >= 4 is 51.6 Å². The molecule has 0 aromatic heterocycles. The first-order valence-electron chi connectivity index (χ1n) is 20.1. The Morgan fingerprint density at radius 2 is 1.13 bits per heavy atom. The Bertz CT molecular complexity index is 2190. The SMILES string of the molecule is NCc1cc(F)c(N)c(F)c1.Nc1c(F)cc(CNC(=O)N2CCC3(CC2)CC(=O)c2cc(F)ccc2C3)cc1F.O=C1CC2(CCNCC2)Cc2ccc(F)cc21.[2H]CI. The highest BCUT2D eigenvalue weighted by Gasteiger charge is 2.42. The average molecular weight is 952 g/mol. The molecule has 8 N–H and O–H groups in total. The van der Waals surface area contributed by atoms with Gasteiger partial charge in [-0.1, -0.05) is 34.7 Å². The van der Waals surface area contributed by atoms with Crippen molar-refractivity contribution in [1.29, 1.82) is 0 Å². The van der Waals surface area contributed by atoms with E-state index in [0.717, 1.165) is 67.7 Å². The van der Waals surface area contributed by atoms with Gasteiger partial charge in [0.05, 0.1) is 0 Å². The van der Waals surface area contributed by atoms with Gasteiger partial charge >= 0.3 is 6.03 Å². The number of alkyl halides is 1. The normalized spacial score (nSPS) is 17.4. The molecule has 2 spiro atoms. The first-order chi connectivity index (χ1) is 29.0. The number of hydrogen-bond acceptors (Lipinski definition) is 7. The van der Waals surface area contributed by atoms with Crippen molar-refractivity contribution in [2.75, 3.05) is 42.6 Å². The molecule has 60 heavy (non-hydrogen) atoms. The van der Waals surface area contributed by atoms with E-state index < -0.39 is 40.5 Å². The van der Waals surface area contributed by atoms with Crippen LogP contribution in [0.3, 0.4) is 0 Å². The predicted molar refractivity (Wildman–Crippen MR) is 227 cm³/mol. The molecule has 2 aliphatic heterocycles. The van der Waals surface area contributed by atoms with Crippen LogP contribution in [-0.2, 0) is 25.9 Å². The van der Waals surface area contributed by atoms with Crippen LogP contribution < -0.4 is 27.8 Å². The van der Waals surface area contributed by atoms with E-state index in [1.807, 2.05) is 22.6 Å². The van der Waals surface area contributed by atoms with E-state index in [2.05, 4.69) is 10.6 Å². The first-order valence-corrected chi connectivity index (χ1v) is 20.9. The number of hydrogen-bond donors (Lipinski definition) is 5. The van der Waals surface area contributed by atoms with Gasteiger partial charge in [-0.3, -0.25) is 9.59 Å². The van der Waals surface area contributed by atoms with E-state index in [9.17, 15) is 40.7 Å². The molecule has 2 saturated heterocycles. The lowest BCUT2D eigenvalue weighted by Gasteiger charge is -2.44. The van der Waals surface area contributed by atoms with Crippen molar-refractivity contribution in [3.05, 3.63) is 129 Å². The smallest absolute Gasteiger partial charge is 0.317 e. The molecule has 322 valence electrons. The monoisotopic (exact) mass is 951 g/mol. The Morgan fingerprint density at radius 3 is 1.57 bits per heavy atom. The van der Waals surface area contributed by atoms with E-state index in [-0.39, 0.29) is 52.9 Å². The van der Waals surface area contributed by atoms with Crippen LogP contribution in [0.4, 0.5) is 42.5 Å². The molecule has 4 aromatic rings. The Hall–Kier alpha value is -4.68. The number of fused-ring (bicyclic) bond motifs is 2. The largest absolute Gasteiger partial charge is 0.394 e. The number of Topliss-reactive ketones (excluding diaryl/α,β-unsaturated/α-hetero) is 2. The number of nitrogens with two attached hydrogens (primary N) is 3. The third-order valence-corrected chi connectivity index (χ3v) is 11.7. The standard InChI is InChI=1S/C22H22F3N3O2.C14H16FNO.C7H8F2N2.CH3I/c23-15-2-1-14-10-22(11-19(29)16(14)9-15)3-5-28(6-4-22)21(30)27-12-13-7-17(24)20(26)18(25)8-13;15-11-2-1-10-8-14(3-5-16-6-4-14)9-13(17)12(10)7-11;8-5-1-4(3-10)2-6(9)7(5)11;1-2/h1-2,7-9H,3-6,10-12,26H2,(H,27,30);1-2,7,16H,3-6,8-9H2;1-2H,3,10-11H2;1H3/i;;;1D. The summed E-state index contributed by atoms with van der Waals surface area (Å²) in [4.78, 5) is 39.2. The van der Waals surface area contributed by atoms with Crippen LogP contribution >= 0.6 is 22.6 Å². The maximum atomic E-state index is 13.5. The van der Waals surface area contributed by atoms with Gasteiger partial charge < -0.3 is 32.7 Å². The molecule has 16 heteroatoms. The summed E-state index contributed by atoms with van der Waals surface area (Å²) < 4.78 is 85.1. The van der Waals surface area contributed by atoms with Gasteiger partial charge in [0, 0.05) is 51.5 Å². The zero-order chi connectivity index (χ0) is 44.5. The van der Waals surface area contributed by atoms with Gasteiger partial charge in [0.1, 0.15) is 46.3 Å². The van der Waals surface area contributed by atoms with Crippen molar-refractivity contribution in [3.63, 3.8) is 0 Å². The van der Waals surface area contributed by atoms with Crippen LogP contribution in [0.25, 0.3) is 0 Å². The minimum absolute atomic E-state index is 0.0218. The van der Waals surface area contributed by atoms with Crippen LogP contribution in [0.2, 0.25) is 0 Å². The lowest BCUT2D eigenvalue weighted by molar-refractivity contribution is 0.0734. The number of rotatable bonds is 3. The molecular formula is C44H49F6IN6O3. The molecular weight excluding hydrogens is 901 g/mol. The fourth-order valence-corrected chi connectivity index (χ4v) is 8.36. The molecule has 0 atom stereocenters. The molecule has 0 radical (unpaired) electrons. The van der Waals surface area contributed by atoms with Crippen molar-refractivity contribution in [1.82, 2.24) is 15.5 Å². The average Bonchev–Trinajstić information content (AvgIpc) is 3.23. The fourth-order valence-electron chi connectivity index (χ4n) is 8.36. The lowest BCUT2D eigenvalue weighted by atomic mass is 9.66. The van der Waals surface area contributed by atoms with Crippen molar-refractivity contribution in [2.24, 2.45) is 16.6 Å². The molecule has 2 fully saturated rings. The molecule has 2 aliphatic carbocycles. The number of urea groups is 1. The number of nitrogens with zero attached hydrogens (tertiary/aromatic N) is 1. The summed E-state index contributed by atoms with van der Waals surface area (Å²) in [5.41, 5.74) is 18.0. The minimum Gasteiger partial charge on any atom is -0.394 e. The molecule has 0 saturated carbocycles. The Morgan fingerprint density at radius 1 is 0.717 bits per heavy atom. The molecule has 4 aromatic carbocycles. The summed E-state index contributed by atoms with van der Waals surface area (Å²) >= 11 is 1.96. The quantitative estimate of drug-likeness (QED) is 0.0601. The molecule has 4 aliphatic rings. The van der Waals surface area contributed by atoms with E-state index in [4.69, 9.17) is 18.6 Å². The number of carbonyl (C=O) groups excluding carboxylic acids is 3.